The average Bonchev–Trinajstić information content (AvgIpc) is 3.14. The number of aliphatic hydroxyl groups excluding tert-OH is 5. The smallest absolute Gasteiger partial charge is 0.220 e. The summed E-state index contributed by atoms with van der Waals surface area (Å²) in [5.41, 5.74) is 0. The predicted molar refractivity (Wildman–Crippen MR) is 220 cm³/mol. The van der Waals surface area contributed by atoms with Crippen molar-refractivity contribution in [3.05, 3.63) is 0 Å². The first-order valence-electron chi connectivity index (χ1n) is 23.1. The molecule has 1 aliphatic heterocycles. The van der Waals surface area contributed by atoms with Crippen LogP contribution < -0.4 is 5.32 Å². The maximum Gasteiger partial charge on any atom is 0.220 e. The van der Waals surface area contributed by atoms with Crippen LogP contribution in [0, 0.1) is 0 Å². The predicted octanol–water partition coefficient (Wildman–Crippen LogP) is 9.98. The quantitative estimate of drug-likeness (QED) is 0.0345. The van der Waals surface area contributed by atoms with Gasteiger partial charge in [0.05, 0.1) is 18.8 Å². The molecule has 1 saturated heterocycles. The van der Waals surface area contributed by atoms with Crippen LogP contribution >= 0.6 is 0 Å². The summed E-state index contributed by atoms with van der Waals surface area (Å²) in [4.78, 5) is 13.0. The van der Waals surface area contributed by atoms with Gasteiger partial charge in [-0.3, -0.25) is 4.79 Å². The summed E-state index contributed by atoms with van der Waals surface area (Å²) in [6.07, 6.45) is 33.5. The van der Waals surface area contributed by atoms with E-state index in [1.807, 2.05) is 0 Å². The van der Waals surface area contributed by atoms with Crippen molar-refractivity contribution in [1.82, 2.24) is 5.32 Å². The highest BCUT2D eigenvalue weighted by Gasteiger charge is 2.43. The van der Waals surface area contributed by atoms with Gasteiger partial charge in [-0.15, -0.1) is 0 Å². The second kappa shape index (κ2) is 35.6. The van der Waals surface area contributed by atoms with E-state index < -0.39 is 43.2 Å². The molecule has 1 heterocycles. The van der Waals surface area contributed by atoms with E-state index in [-0.39, 0.29) is 18.4 Å². The van der Waals surface area contributed by atoms with Gasteiger partial charge in [0.15, 0.2) is 0 Å². The van der Waals surface area contributed by atoms with E-state index >= 15 is 0 Å². The summed E-state index contributed by atoms with van der Waals surface area (Å²) in [5.74, 6) is 0.0330. The Labute approximate surface area is 327 Å². The number of amides is 1. The fourth-order valence-corrected chi connectivity index (χ4v) is 8.03. The summed E-state index contributed by atoms with van der Waals surface area (Å²) in [6, 6.07) is -0.180. The van der Waals surface area contributed by atoms with Crippen molar-refractivity contribution in [2.24, 2.45) is 0 Å². The number of nitrogens with one attached hydrogen (secondary N) is 1. The summed E-state index contributed by atoms with van der Waals surface area (Å²) < 4.78 is 5.63. The molecule has 3 unspecified atom stereocenters. The number of carbonyl (C=O) groups is 1. The lowest BCUT2D eigenvalue weighted by atomic mass is 9.90. The minimum Gasteiger partial charge on any atom is -0.394 e. The molecule has 316 valence electrons. The van der Waals surface area contributed by atoms with Crippen molar-refractivity contribution in [2.75, 3.05) is 6.61 Å². The van der Waals surface area contributed by atoms with Crippen LogP contribution in [0.5, 0.6) is 0 Å². The SMILES string of the molecule is CCCCCCCCCCCCCCCCCC(=O)NC(CCCCCCCCCCCCCCCCC)CC(O)CC1O[C@H](CO)[C@@H](O)[C@H](O)[C@H]1O. The number of rotatable bonds is 38. The summed E-state index contributed by atoms with van der Waals surface area (Å²) in [6.45, 7) is 4.05. The van der Waals surface area contributed by atoms with Crippen LogP contribution in [0.4, 0.5) is 0 Å². The zero-order valence-corrected chi connectivity index (χ0v) is 34.8. The Morgan fingerprint density at radius 3 is 1.28 bits per heavy atom. The van der Waals surface area contributed by atoms with Gasteiger partial charge >= 0.3 is 0 Å². The summed E-state index contributed by atoms with van der Waals surface area (Å²) in [5, 5.41) is 54.5. The highest BCUT2D eigenvalue weighted by Crippen LogP contribution is 2.26. The minimum atomic E-state index is -1.45. The first-order valence-corrected chi connectivity index (χ1v) is 23.1. The average molecular weight is 756 g/mol. The van der Waals surface area contributed by atoms with Crippen molar-refractivity contribution in [2.45, 2.75) is 275 Å². The number of hydrogen-bond acceptors (Lipinski definition) is 7. The maximum atomic E-state index is 13.0. The summed E-state index contributed by atoms with van der Waals surface area (Å²) >= 11 is 0. The number of hydrogen-bond donors (Lipinski definition) is 6. The zero-order chi connectivity index (χ0) is 38.8. The number of unbranched alkanes of at least 4 members (excludes halogenated alkanes) is 28. The zero-order valence-electron chi connectivity index (χ0n) is 34.8. The molecule has 0 aromatic rings. The van der Waals surface area contributed by atoms with Crippen LogP contribution in [0.25, 0.3) is 0 Å². The third-order valence-electron chi connectivity index (χ3n) is 11.6. The van der Waals surface area contributed by atoms with E-state index in [2.05, 4.69) is 19.2 Å². The Morgan fingerprint density at radius 1 is 0.528 bits per heavy atom. The van der Waals surface area contributed by atoms with E-state index in [9.17, 15) is 30.3 Å². The monoisotopic (exact) mass is 756 g/mol. The van der Waals surface area contributed by atoms with Crippen molar-refractivity contribution >= 4 is 5.91 Å². The molecule has 6 N–H and O–H groups in total. The van der Waals surface area contributed by atoms with Crippen molar-refractivity contribution in [3.8, 4) is 0 Å². The van der Waals surface area contributed by atoms with E-state index in [1.54, 1.807) is 0 Å². The van der Waals surface area contributed by atoms with Crippen LogP contribution in [0.15, 0.2) is 0 Å². The van der Waals surface area contributed by atoms with Crippen molar-refractivity contribution < 1.29 is 35.1 Å². The molecule has 8 nitrogen and oxygen atoms in total. The van der Waals surface area contributed by atoms with E-state index in [4.69, 9.17) is 4.74 Å². The molecule has 0 bridgehead atoms. The number of ether oxygens (including phenoxy) is 1. The molecular formula is C45H89NO7. The highest BCUT2D eigenvalue weighted by atomic mass is 16.5. The molecule has 0 radical (unpaired) electrons. The van der Waals surface area contributed by atoms with Crippen LogP contribution in [-0.2, 0) is 9.53 Å². The van der Waals surface area contributed by atoms with Crippen molar-refractivity contribution in [1.29, 1.82) is 0 Å². The molecule has 7 atom stereocenters. The van der Waals surface area contributed by atoms with Crippen LogP contribution in [0.2, 0.25) is 0 Å². The van der Waals surface area contributed by atoms with Crippen LogP contribution in [0.1, 0.15) is 232 Å². The lowest BCUT2D eigenvalue weighted by Gasteiger charge is -2.40. The normalized spacial score (nSPS) is 21.5. The van der Waals surface area contributed by atoms with Gasteiger partial charge in [0.2, 0.25) is 5.91 Å². The molecule has 0 aliphatic carbocycles. The van der Waals surface area contributed by atoms with Gasteiger partial charge in [0.25, 0.3) is 0 Å². The van der Waals surface area contributed by atoms with Gasteiger partial charge in [-0.05, 0) is 19.3 Å². The van der Waals surface area contributed by atoms with Gasteiger partial charge in [0, 0.05) is 18.9 Å². The first-order chi connectivity index (χ1) is 25.8. The highest BCUT2D eigenvalue weighted by molar-refractivity contribution is 5.76. The fraction of sp³-hybridized carbons (Fsp3) is 0.978. The van der Waals surface area contributed by atoms with Gasteiger partial charge in [-0.2, -0.15) is 0 Å². The van der Waals surface area contributed by atoms with Crippen LogP contribution in [0.3, 0.4) is 0 Å². The second-order valence-corrected chi connectivity index (χ2v) is 16.7. The molecule has 53 heavy (non-hydrogen) atoms. The molecule has 1 fully saturated rings. The Kier molecular flexibility index (Phi) is 33.8. The van der Waals surface area contributed by atoms with E-state index in [0.717, 1.165) is 32.1 Å². The largest absolute Gasteiger partial charge is 0.394 e. The third-order valence-corrected chi connectivity index (χ3v) is 11.6. The third kappa shape index (κ3) is 27.5. The lowest BCUT2D eigenvalue weighted by Crippen LogP contribution is -2.59. The molecule has 1 amide bonds. The first kappa shape index (κ1) is 50.2. The Hall–Kier alpha value is -0.770. The molecular weight excluding hydrogens is 666 g/mol. The minimum absolute atomic E-state index is 0.0330. The lowest BCUT2D eigenvalue weighted by molar-refractivity contribution is -0.234. The van der Waals surface area contributed by atoms with E-state index in [1.165, 1.54) is 167 Å². The van der Waals surface area contributed by atoms with Gasteiger partial charge in [-0.25, -0.2) is 0 Å². The maximum absolute atomic E-state index is 13.0. The fourth-order valence-electron chi connectivity index (χ4n) is 8.03. The molecule has 0 spiro atoms. The van der Waals surface area contributed by atoms with E-state index in [0.29, 0.717) is 12.8 Å². The molecule has 0 aromatic heterocycles. The Balaban J connectivity index is 2.33. The number of aliphatic hydroxyl groups is 5. The van der Waals surface area contributed by atoms with Gasteiger partial charge in [-0.1, -0.05) is 200 Å². The topological polar surface area (TPSA) is 139 Å². The number of carbonyl (C=O) groups excluding carboxylic acids is 1. The summed E-state index contributed by atoms with van der Waals surface area (Å²) in [7, 11) is 0. The Bertz CT molecular complexity index is 799. The molecule has 0 saturated carbocycles. The van der Waals surface area contributed by atoms with Crippen LogP contribution in [-0.4, -0.2) is 80.7 Å². The van der Waals surface area contributed by atoms with Gasteiger partial charge < -0.3 is 35.6 Å². The Morgan fingerprint density at radius 2 is 0.887 bits per heavy atom. The molecule has 1 rings (SSSR count). The molecule has 1 aliphatic rings. The molecule has 0 aromatic carbocycles. The standard InChI is InChI=1S/C45H89NO7/c1-3-5-7-9-11-13-15-17-19-21-23-25-27-29-31-33-38(35-39(48)36-40-43(50)45(52)44(51)41(37-47)53-40)46-42(49)34-32-30-28-26-24-22-20-18-16-14-12-10-8-6-4-2/h38-41,43-45,47-48,50-52H,3-37H2,1-2H3,(H,46,49)/t38?,39?,40?,41-,43+,44-,45-/m1/s1. The van der Waals surface area contributed by atoms with Crippen molar-refractivity contribution in [3.63, 3.8) is 0 Å². The second-order valence-electron chi connectivity index (χ2n) is 16.7. The van der Waals surface area contributed by atoms with Gasteiger partial charge in [0.1, 0.15) is 24.4 Å². The molecule has 8 heteroatoms.